The van der Waals surface area contributed by atoms with Crippen molar-refractivity contribution < 1.29 is 13.9 Å². The predicted octanol–water partition coefficient (Wildman–Crippen LogP) is 2.40. The van der Waals surface area contributed by atoms with Crippen LogP contribution in [0.2, 0.25) is 0 Å². The van der Waals surface area contributed by atoms with Crippen molar-refractivity contribution in [1.82, 2.24) is 14.9 Å². The van der Waals surface area contributed by atoms with E-state index in [4.69, 9.17) is 9.15 Å². The van der Waals surface area contributed by atoms with Gasteiger partial charge in [-0.2, -0.15) is 0 Å². The van der Waals surface area contributed by atoms with Gasteiger partial charge < -0.3 is 14.1 Å². The zero-order chi connectivity index (χ0) is 15.7. The van der Waals surface area contributed by atoms with Crippen molar-refractivity contribution in [1.29, 1.82) is 0 Å². The summed E-state index contributed by atoms with van der Waals surface area (Å²) < 4.78 is 10.8. The Morgan fingerprint density at radius 2 is 2.23 bits per heavy atom. The van der Waals surface area contributed by atoms with E-state index in [-0.39, 0.29) is 11.8 Å². The van der Waals surface area contributed by atoms with Crippen molar-refractivity contribution in [3.05, 3.63) is 41.2 Å². The first-order valence-electron chi connectivity index (χ1n) is 7.36. The Morgan fingerprint density at radius 3 is 2.86 bits per heavy atom. The number of fused-ring (bicyclic) bond motifs is 1. The van der Waals surface area contributed by atoms with Gasteiger partial charge in [0.15, 0.2) is 5.89 Å². The van der Waals surface area contributed by atoms with Gasteiger partial charge in [-0.15, -0.1) is 0 Å². The number of amides is 1. The molecule has 0 aliphatic carbocycles. The summed E-state index contributed by atoms with van der Waals surface area (Å²) in [4.78, 5) is 22.9. The second kappa shape index (κ2) is 5.79. The maximum absolute atomic E-state index is 12.5. The lowest BCUT2D eigenvalue weighted by Crippen LogP contribution is -2.35. The molecular weight excluding hydrogens is 282 g/mol. The van der Waals surface area contributed by atoms with E-state index in [9.17, 15) is 4.79 Å². The molecule has 0 unspecified atom stereocenters. The smallest absolute Gasteiger partial charge is 0.255 e. The van der Waals surface area contributed by atoms with Crippen molar-refractivity contribution in [2.24, 2.45) is 0 Å². The topological polar surface area (TPSA) is 68.5 Å². The van der Waals surface area contributed by atoms with Crippen LogP contribution in [0.3, 0.4) is 0 Å². The number of oxazole rings is 1. The number of ether oxygens (including phenoxy) is 1. The van der Waals surface area contributed by atoms with Crippen LogP contribution < -0.4 is 4.74 Å². The number of methoxy groups -OCH3 is 1. The standard InChI is InChI=1S/C16H19N3O3/c1-10(2)15-18-12-9-19(7-6-13(12)22-15)16(20)11-4-5-14(21-3)17-8-11/h4-5,8,10H,6-7,9H2,1-3H3. The largest absolute Gasteiger partial charge is 0.481 e. The molecule has 0 fully saturated rings. The molecule has 0 spiro atoms. The van der Waals surface area contributed by atoms with E-state index in [1.54, 1.807) is 30.3 Å². The van der Waals surface area contributed by atoms with Crippen molar-refractivity contribution in [3.63, 3.8) is 0 Å². The number of rotatable bonds is 3. The number of hydrogen-bond donors (Lipinski definition) is 0. The summed E-state index contributed by atoms with van der Waals surface area (Å²) in [6, 6.07) is 3.42. The lowest BCUT2D eigenvalue weighted by Gasteiger charge is -2.25. The van der Waals surface area contributed by atoms with Gasteiger partial charge in [-0.25, -0.2) is 9.97 Å². The zero-order valence-corrected chi connectivity index (χ0v) is 13.0. The van der Waals surface area contributed by atoms with Crippen molar-refractivity contribution in [2.75, 3.05) is 13.7 Å². The number of hydrogen-bond acceptors (Lipinski definition) is 5. The minimum Gasteiger partial charge on any atom is -0.481 e. The van der Waals surface area contributed by atoms with Gasteiger partial charge in [0.1, 0.15) is 11.5 Å². The molecule has 0 bridgehead atoms. The first-order chi connectivity index (χ1) is 10.6. The fourth-order valence-corrected chi connectivity index (χ4v) is 2.45. The molecule has 0 N–H and O–H groups in total. The van der Waals surface area contributed by atoms with E-state index >= 15 is 0 Å². The van der Waals surface area contributed by atoms with E-state index in [2.05, 4.69) is 9.97 Å². The van der Waals surface area contributed by atoms with Crippen molar-refractivity contribution >= 4 is 5.91 Å². The van der Waals surface area contributed by atoms with E-state index in [1.807, 2.05) is 13.8 Å². The average Bonchev–Trinajstić information content (AvgIpc) is 2.97. The first-order valence-corrected chi connectivity index (χ1v) is 7.36. The highest BCUT2D eigenvalue weighted by Crippen LogP contribution is 2.24. The molecule has 22 heavy (non-hydrogen) atoms. The highest BCUT2D eigenvalue weighted by atomic mass is 16.5. The number of aromatic nitrogens is 2. The molecule has 0 aromatic carbocycles. The van der Waals surface area contributed by atoms with Crippen LogP contribution in [0.1, 0.15) is 47.5 Å². The molecule has 0 saturated heterocycles. The number of carbonyl (C=O) groups excluding carboxylic acids is 1. The van der Waals surface area contributed by atoms with Crippen LogP contribution in [-0.2, 0) is 13.0 Å². The Morgan fingerprint density at radius 1 is 1.41 bits per heavy atom. The summed E-state index contributed by atoms with van der Waals surface area (Å²) in [6.45, 7) is 5.20. The van der Waals surface area contributed by atoms with Crippen LogP contribution in [0.5, 0.6) is 5.88 Å². The van der Waals surface area contributed by atoms with Gasteiger partial charge >= 0.3 is 0 Å². The molecule has 3 rings (SSSR count). The first kappa shape index (κ1) is 14.6. The maximum Gasteiger partial charge on any atom is 0.255 e. The summed E-state index contributed by atoms with van der Waals surface area (Å²) in [6.07, 6.45) is 2.24. The minimum absolute atomic E-state index is 0.0464. The molecule has 1 aliphatic heterocycles. The lowest BCUT2D eigenvalue weighted by atomic mass is 10.1. The molecule has 6 nitrogen and oxygen atoms in total. The molecule has 1 aliphatic rings. The highest BCUT2D eigenvalue weighted by Gasteiger charge is 2.26. The fourth-order valence-electron chi connectivity index (χ4n) is 2.45. The Bertz CT molecular complexity index is 676. The van der Waals surface area contributed by atoms with Gasteiger partial charge in [0.25, 0.3) is 5.91 Å². The third kappa shape index (κ3) is 2.68. The molecule has 116 valence electrons. The van der Waals surface area contributed by atoms with E-state index in [1.165, 1.54) is 0 Å². The summed E-state index contributed by atoms with van der Waals surface area (Å²) >= 11 is 0. The Kier molecular flexibility index (Phi) is 3.83. The van der Waals surface area contributed by atoms with Gasteiger partial charge in [0, 0.05) is 31.1 Å². The SMILES string of the molecule is COc1ccc(C(=O)N2CCc3oc(C(C)C)nc3C2)cn1. The van der Waals surface area contributed by atoms with Gasteiger partial charge in [-0.05, 0) is 6.07 Å². The summed E-state index contributed by atoms with van der Waals surface area (Å²) in [5.41, 5.74) is 1.42. The zero-order valence-electron chi connectivity index (χ0n) is 13.0. The van der Waals surface area contributed by atoms with Gasteiger partial charge in [-0.3, -0.25) is 4.79 Å². The molecule has 2 aromatic heterocycles. The van der Waals surface area contributed by atoms with Crippen LogP contribution in [-0.4, -0.2) is 34.4 Å². The molecule has 1 amide bonds. The van der Waals surface area contributed by atoms with Crippen molar-refractivity contribution in [2.45, 2.75) is 32.7 Å². The number of pyridine rings is 1. The highest BCUT2D eigenvalue weighted by molar-refractivity contribution is 5.94. The Balaban J connectivity index is 1.76. The molecule has 0 saturated carbocycles. The monoisotopic (exact) mass is 301 g/mol. The quantitative estimate of drug-likeness (QED) is 0.870. The molecule has 0 radical (unpaired) electrons. The maximum atomic E-state index is 12.5. The van der Waals surface area contributed by atoms with E-state index in [0.717, 1.165) is 17.3 Å². The third-order valence-electron chi connectivity index (χ3n) is 3.72. The molecule has 2 aromatic rings. The van der Waals surface area contributed by atoms with Gasteiger partial charge in [-0.1, -0.05) is 13.8 Å². The second-order valence-electron chi connectivity index (χ2n) is 5.64. The van der Waals surface area contributed by atoms with Crippen LogP contribution >= 0.6 is 0 Å². The Hall–Kier alpha value is -2.37. The van der Waals surface area contributed by atoms with Crippen LogP contribution in [0, 0.1) is 0 Å². The minimum atomic E-state index is -0.0464. The predicted molar refractivity (Wildman–Crippen MR) is 79.8 cm³/mol. The third-order valence-corrected chi connectivity index (χ3v) is 3.72. The molecule has 0 atom stereocenters. The summed E-state index contributed by atoms with van der Waals surface area (Å²) in [7, 11) is 1.55. The van der Waals surface area contributed by atoms with Crippen LogP contribution in [0.4, 0.5) is 0 Å². The van der Waals surface area contributed by atoms with Crippen molar-refractivity contribution in [3.8, 4) is 5.88 Å². The Labute approximate surface area is 129 Å². The fraction of sp³-hybridized carbons (Fsp3) is 0.438. The second-order valence-corrected chi connectivity index (χ2v) is 5.64. The lowest BCUT2D eigenvalue weighted by molar-refractivity contribution is 0.0727. The summed E-state index contributed by atoms with van der Waals surface area (Å²) in [5, 5.41) is 0. The normalized spacial score (nSPS) is 14.1. The number of nitrogens with zero attached hydrogens (tertiary/aromatic N) is 3. The molecular formula is C16H19N3O3. The molecule has 6 heteroatoms. The van der Waals surface area contributed by atoms with Gasteiger partial charge in [0.2, 0.25) is 5.88 Å². The molecule has 3 heterocycles. The average molecular weight is 301 g/mol. The van der Waals surface area contributed by atoms with E-state index in [0.29, 0.717) is 31.0 Å². The van der Waals surface area contributed by atoms with Crippen LogP contribution in [0.15, 0.2) is 22.7 Å². The summed E-state index contributed by atoms with van der Waals surface area (Å²) in [5.74, 6) is 2.34. The number of carbonyl (C=O) groups is 1. The van der Waals surface area contributed by atoms with E-state index < -0.39 is 0 Å². The van der Waals surface area contributed by atoms with Crippen LogP contribution in [0.25, 0.3) is 0 Å². The van der Waals surface area contributed by atoms with Gasteiger partial charge in [0.05, 0.1) is 19.2 Å².